The number of hydrogen-bond acceptors (Lipinski definition) is 7. The summed E-state index contributed by atoms with van der Waals surface area (Å²) in [6.07, 6.45) is 7.79. The number of aliphatic hydroxyl groups is 1. The minimum atomic E-state index is -0.271. The van der Waals surface area contributed by atoms with Crippen LogP contribution in [0, 0.1) is 0 Å². The Morgan fingerprint density at radius 3 is 2.73 bits per heavy atom. The Labute approximate surface area is 192 Å². The van der Waals surface area contributed by atoms with E-state index >= 15 is 0 Å². The van der Waals surface area contributed by atoms with Gasteiger partial charge in [0.05, 0.1) is 31.4 Å². The lowest BCUT2D eigenvalue weighted by Crippen LogP contribution is -2.08. The van der Waals surface area contributed by atoms with Crippen molar-refractivity contribution < 1.29 is 14.6 Å². The molecule has 4 aromatic rings. The predicted octanol–water partition coefficient (Wildman–Crippen LogP) is 3.55. The van der Waals surface area contributed by atoms with Crippen molar-refractivity contribution in [2.45, 2.75) is 38.0 Å². The Morgan fingerprint density at radius 1 is 1.15 bits per heavy atom. The number of hydrogen-bond donors (Lipinski definition) is 2. The van der Waals surface area contributed by atoms with E-state index in [1.807, 2.05) is 37.5 Å². The first-order valence-corrected chi connectivity index (χ1v) is 11.1. The lowest BCUT2D eigenvalue weighted by atomic mass is 10.1. The number of aryl methyl sites for hydroxylation is 1. The molecule has 5 rings (SSSR count). The fourth-order valence-corrected chi connectivity index (χ4v) is 4.61. The molecule has 33 heavy (non-hydrogen) atoms. The Kier molecular flexibility index (Phi) is 5.63. The molecule has 0 bridgehead atoms. The standard InChI is InChI=1S/C24H28N6O3/c1-29-9-8-20(28-29)19-13-30(16-5-6-17(31)10-16)24-22(19)23(26-14-27-24)25-12-15-4-7-18(32-2)11-21(15)33-3/h4,7-9,11,13-14,16-17,31H,5-6,10,12H2,1-3H3,(H,25,26,27). The number of benzene rings is 1. The van der Waals surface area contributed by atoms with Gasteiger partial charge in [0.1, 0.15) is 29.3 Å². The SMILES string of the molecule is COc1ccc(CNc2ncnc3c2c(-c2ccn(C)n2)cn3C2CCC(O)C2)c(OC)c1. The maximum absolute atomic E-state index is 10.1. The summed E-state index contributed by atoms with van der Waals surface area (Å²) in [6, 6.07) is 7.95. The molecule has 172 valence electrons. The monoisotopic (exact) mass is 448 g/mol. The molecule has 2 atom stereocenters. The highest BCUT2D eigenvalue weighted by molar-refractivity contribution is 6.00. The van der Waals surface area contributed by atoms with Gasteiger partial charge in [-0.05, 0) is 37.5 Å². The van der Waals surface area contributed by atoms with E-state index in [1.165, 1.54) is 0 Å². The van der Waals surface area contributed by atoms with Crippen LogP contribution in [-0.2, 0) is 13.6 Å². The summed E-state index contributed by atoms with van der Waals surface area (Å²) in [5.74, 6) is 2.22. The largest absolute Gasteiger partial charge is 0.497 e. The lowest BCUT2D eigenvalue weighted by molar-refractivity contribution is 0.178. The molecule has 1 fully saturated rings. The molecule has 1 saturated carbocycles. The number of rotatable bonds is 7. The second-order valence-electron chi connectivity index (χ2n) is 8.40. The molecule has 3 aromatic heterocycles. The first kappa shape index (κ1) is 21.3. The molecule has 9 nitrogen and oxygen atoms in total. The minimum Gasteiger partial charge on any atom is -0.497 e. The maximum atomic E-state index is 10.1. The van der Waals surface area contributed by atoms with E-state index < -0.39 is 0 Å². The van der Waals surface area contributed by atoms with Crippen molar-refractivity contribution in [2.24, 2.45) is 7.05 Å². The molecular formula is C24H28N6O3. The van der Waals surface area contributed by atoms with Crippen LogP contribution in [0.4, 0.5) is 5.82 Å². The van der Waals surface area contributed by atoms with Gasteiger partial charge in [0, 0.05) is 49.2 Å². The highest BCUT2D eigenvalue weighted by Gasteiger charge is 2.28. The molecule has 1 aromatic carbocycles. The zero-order valence-corrected chi connectivity index (χ0v) is 19.0. The number of aromatic nitrogens is 5. The van der Waals surface area contributed by atoms with E-state index in [-0.39, 0.29) is 12.1 Å². The van der Waals surface area contributed by atoms with E-state index in [2.05, 4.69) is 31.1 Å². The molecule has 1 aliphatic carbocycles. The van der Waals surface area contributed by atoms with Gasteiger partial charge >= 0.3 is 0 Å². The van der Waals surface area contributed by atoms with Crippen LogP contribution in [0.1, 0.15) is 30.9 Å². The van der Waals surface area contributed by atoms with E-state index in [4.69, 9.17) is 9.47 Å². The van der Waals surface area contributed by atoms with Crippen molar-refractivity contribution >= 4 is 16.9 Å². The molecule has 3 heterocycles. The van der Waals surface area contributed by atoms with E-state index in [0.29, 0.717) is 6.54 Å². The average molecular weight is 449 g/mol. The van der Waals surface area contributed by atoms with Crippen LogP contribution in [0.3, 0.4) is 0 Å². The van der Waals surface area contributed by atoms with Crippen LogP contribution >= 0.6 is 0 Å². The fourth-order valence-electron chi connectivity index (χ4n) is 4.61. The molecule has 2 unspecified atom stereocenters. The number of methoxy groups -OCH3 is 2. The summed E-state index contributed by atoms with van der Waals surface area (Å²) >= 11 is 0. The normalized spacial score (nSPS) is 18.1. The van der Waals surface area contributed by atoms with Crippen molar-refractivity contribution in [1.82, 2.24) is 24.3 Å². The maximum Gasteiger partial charge on any atom is 0.146 e. The quantitative estimate of drug-likeness (QED) is 0.446. The second kappa shape index (κ2) is 8.74. The highest BCUT2D eigenvalue weighted by Crippen LogP contribution is 2.39. The summed E-state index contributed by atoms with van der Waals surface area (Å²) in [6.45, 7) is 0.522. The van der Waals surface area contributed by atoms with Gasteiger partial charge in [-0.3, -0.25) is 4.68 Å². The number of nitrogens with zero attached hydrogens (tertiary/aromatic N) is 5. The van der Waals surface area contributed by atoms with Crippen molar-refractivity contribution in [3.8, 4) is 22.8 Å². The summed E-state index contributed by atoms with van der Waals surface area (Å²) in [5, 5.41) is 19.1. The smallest absolute Gasteiger partial charge is 0.146 e. The van der Waals surface area contributed by atoms with Gasteiger partial charge in [0.25, 0.3) is 0 Å². The Morgan fingerprint density at radius 2 is 2.03 bits per heavy atom. The zero-order chi connectivity index (χ0) is 22.9. The number of ether oxygens (including phenoxy) is 2. The van der Waals surface area contributed by atoms with E-state index in [9.17, 15) is 5.11 Å². The fraction of sp³-hybridized carbons (Fsp3) is 0.375. The van der Waals surface area contributed by atoms with Gasteiger partial charge in [0.2, 0.25) is 0 Å². The van der Waals surface area contributed by atoms with Crippen LogP contribution < -0.4 is 14.8 Å². The third-order valence-electron chi connectivity index (χ3n) is 6.31. The Bertz CT molecular complexity index is 1280. The molecule has 0 radical (unpaired) electrons. The van der Waals surface area contributed by atoms with Crippen molar-refractivity contribution in [3.63, 3.8) is 0 Å². The number of nitrogens with one attached hydrogen (secondary N) is 1. The molecule has 0 saturated heterocycles. The lowest BCUT2D eigenvalue weighted by Gasteiger charge is -2.14. The average Bonchev–Trinajstić information content (AvgIpc) is 3.55. The molecule has 2 N–H and O–H groups in total. The Hall–Kier alpha value is -3.59. The summed E-state index contributed by atoms with van der Waals surface area (Å²) < 4.78 is 14.8. The van der Waals surface area contributed by atoms with Crippen LogP contribution in [0.15, 0.2) is 43.0 Å². The van der Waals surface area contributed by atoms with Crippen LogP contribution in [0.2, 0.25) is 0 Å². The van der Waals surface area contributed by atoms with Gasteiger partial charge in [0.15, 0.2) is 0 Å². The molecular weight excluding hydrogens is 420 g/mol. The zero-order valence-electron chi connectivity index (χ0n) is 19.0. The van der Waals surface area contributed by atoms with Gasteiger partial charge in [-0.1, -0.05) is 0 Å². The van der Waals surface area contributed by atoms with Crippen LogP contribution in [0.25, 0.3) is 22.3 Å². The number of anilines is 1. The van der Waals surface area contributed by atoms with Crippen molar-refractivity contribution in [1.29, 1.82) is 0 Å². The van der Waals surface area contributed by atoms with E-state index in [0.717, 1.165) is 64.4 Å². The molecule has 0 amide bonds. The Balaban J connectivity index is 1.56. The number of fused-ring (bicyclic) bond motifs is 1. The summed E-state index contributed by atoms with van der Waals surface area (Å²) in [7, 11) is 5.19. The van der Waals surface area contributed by atoms with Gasteiger partial charge in [-0.25, -0.2) is 9.97 Å². The molecule has 1 aliphatic rings. The van der Waals surface area contributed by atoms with Gasteiger partial charge in [-0.2, -0.15) is 5.10 Å². The molecule has 0 aliphatic heterocycles. The first-order chi connectivity index (χ1) is 16.1. The molecule has 0 spiro atoms. The number of aliphatic hydroxyl groups excluding tert-OH is 1. The second-order valence-corrected chi connectivity index (χ2v) is 8.40. The van der Waals surface area contributed by atoms with Crippen LogP contribution in [0.5, 0.6) is 11.5 Å². The van der Waals surface area contributed by atoms with Gasteiger partial charge in [-0.15, -0.1) is 0 Å². The van der Waals surface area contributed by atoms with Crippen LogP contribution in [-0.4, -0.2) is 49.7 Å². The van der Waals surface area contributed by atoms with Gasteiger partial charge < -0.3 is 24.5 Å². The summed E-state index contributed by atoms with van der Waals surface area (Å²) in [5.41, 5.74) is 3.66. The molecule has 9 heteroatoms. The summed E-state index contributed by atoms with van der Waals surface area (Å²) in [4.78, 5) is 9.20. The third-order valence-corrected chi connectivity index (χ3v) is 6.31. The third kappa shape index (κ3) is 4.00. The van der Waals surface area contributed by atoms with E-state index in [1.54, 1.807) is 25.2 Å². The topological polar surface area (TPSA) is 99.2 Å². The van der Waals surface area contributed by atoms with Crippen molar-refractivity contribution in [3.05, 3.63) is 48.5 Å². The highest BCUT2D eigenvalue weighted by atomic mass is 16.5. The minimum absolute atomic E-state index is 0.199. The first-order valence-electron chi connectivity index (χ1n) is 11.1. The predicted molar refractivity (Wildman–Crippen MR) is 125 cm³/mol. The van der Waals surface area contributed by atoms with Crippen molar-refractivity contribution in [2.75, 3.05) is 19.5 Å².